The van der Waals surface area contributed by atoms with Crippen molar-refractivity contribution in [1.29, 1.82) is 0 Å². The molecule has 4 N–H and O–H groups in total. The first-order valence-corrected chi connectivity index (χ1v) is 5.03. The van der Waals surface area contributed by atoms with E-state index in [1.165, 1.54) is 12.1 Å². The number of benzene rings is 1. The second kappa shape index (κ2) is 5.46. The SMILES string of the molecule is CC(N[C@H](C)c1cccc(F)c1)/C(N)=N/O. The summed E-state index contributed by atoms with van der Waals surface area (Å²) in [6, 6.07) is 5.96. The number of amidine groups is 1. The van der Waals surface area contributed by atoms with E-state index in [1.807, 2.05) is 13.0 Å². The molecule has 1 rings (SSSR count). The van der Waals surface area contributed by atoms with Crippen molar-refractivity contribution in [3.8, 4) is 0 Å². The van der Waals surface area contributed by atoms with Crippen LogP contribution in [0, 0.1) is 5.82 Å². The summed E-state index contributed by atoms with van der Waals surface area (Å²) >= 11 is 0. The lowest BCUT2D eigenvalue weighted by atomic mass is 10.1. The summed E-state index contributed by atoms with van der Waals surface area (Å²) in [5.41, 5.74) is 6.25. The zero-order valence-corrected chi connectivity index (χ0v) is 9.31. The van der Waals surface area contributed by atoms with Crippen molar-refractivity contribution >= 4 is 5.84 Å². The molecule has 1 aromatic carbocycles. The Morgan fingerprint density at radius 2 is 2.19 bits per heavy atom. The van der Waals surface area contributed by atoms with Crippen LogP contribution in [-0.4, -0.2) is 17.1 Å². The van der Waals surface area contributed by atoms with Crippen molar-refractivity contribution in [2.24, 2.45) is 10.9 Å². The summed E-state index contributed by atoms with van der Waals surface area (Å²) in [6.45, 7) is 3.65. The maximum absolute atomic E-state index is 13.0. The first-order valence-electron chi connectivity index (χ1n) is 5.03. The molecule has 1 unspecified atom stereocenters. The summed E-state index contributed by atoms with van der Waals surface area (Å²) in [7, 11) is 0. The molecular weight excluding hydrogens is 209 g/mol. The number of nitrogens with one attached hydrogen (secondary N) is 1. The molecule has 0 aliphatic heterocycles. The van der Waals surface area contributed by atoms with Gasteiger partial charge in [-0.15, -0.1) is 0 Å². The highest BCUT2D eigenvalue weighted by Gasteiger charge is 2.12. The molecule has 0 radical (unpaired) electrons. The van der Waals surface area contributed by atoms with Crippen molar-refractivity contribution in [2.75, 3.05) is 0 Å². The predicted molar refractivity (Wildman–Crippen MR) is 60.8 cm³/mol. The number of rotatable bonds is 4. The molecule has 16 heavy (non-hydrogen) atoms. The first kappa shape index (κ1) is 12.4. The van der Waals surface area contributed by atoms with Crippen LogP contribution in [0.1, 0.15) is 25.5 Å². The highest BCUT2D eigenvalue weighted by atomic mass is 19.1. The van der Waals surface area contributed by atoms with Crippen molar-refractivity contribution in [1.82, 2.24) is 5.32 Å². The topological polar surface area (TPSA) is 70.6 Å². The summed E-state index contributed by atoms with van der Waals surface area (Å²) in [4.78, 5) is 0. The summed E-state index contributed by atoms with van der Waals surface area (Å²) in [5, 5.41) is 14.5. The lowest BCUT2D eigenvalue weighted by molar-refractivity contribution is 0.314. The molecule has 0 aliphatic rings. The third-order valence-corrected chi connectivity index (χ3v) is 2.41. The van der Waals surface area contributed by atoms with Gasteiger partial charge in [-0.05, 0) is 31.5 Å². The van der Waals surface area contributed by atoms with Crippen molar-refractivity contribution in [2.45, 2.75) is 25.9 Å². The van der Waals surface area contributed by atoms with E-state index in [0.717, 1.165) is 5.56 Å². The maximum atomic E-state index is 13.0. The molecule has 88 valence electrons. The molecule has 0 saturated heterocycles. The van der Waals surface area contributed by atoms with E-state index in [1.54, 1.807) is 13.0 Å². The van der Waals surface area contributed by atoms with E-state index >= 15 is 0 Å². The highest BCUT2D eigenvalue weighted by Crippen LogP contribution is 2.13. The summed E-state index contributed by atoms with van der Waals surface area (Å²) < 4.78 is 13.0. The molecule has 0 heterocycles. The molecule has 0 spiro atoms. The van der Waals surface area contributed by atoms with Gasteiger partial charge in [-0.25, -0.2) is 4.39 Å². The van der Waals surface area contributed by atoms with Gasteiger partial charge >= 0.3 is 0 Å². The van der Waals surface area contributed by atoms with E-state index in [9.17, 15) is 4.39 Å². The Morgan fingerprint density at radius 1 is 1.50 bits per heavy atom. The fourth-order valence-electron chi connectivity index (χ4n) is 1.42. The molecule has 0 fully saturated rings. The Kier molecular flexibility index (Phi) is 4.25. The molecule has 0 aliphatic carbocycles. The molecule has 0 aromatic heterocycles. The van der Waals surface area contributed by atoms with Gasteiger partial charge in [0.05, 0.1) is 6.04 Å². The van der Waals surface area contributed by atoms with Crippen LogP contribution in [0.3, 0.4) is 0 Å². The number of nitrogens with zero attached hydrogens (tertiary/aromatic N) is 1. The Bertz CT molecular complexity index is 381. The van der Waals surface area contributed by atoms with Gasteiger partial charge in [-0.3, -0.25) is 0 Å². The average molecular weight is 225 g/mol. The third kappa shape index (κ3) is 3.20. The largest absolute Gasteiger partial charge is 0.409 e. The number of halogens is 1. The normalized spacial score (nSPS) is 15.8. The Balaban J connectivity index is 2.69. The number of hydrogen-bond acceptors (Lipinski definition) is 3. The number of nitrogens with two attached hydrogens (primary N) is 1. The van der Waals surface area contributed by atoms with Gasteiger partial charge < -0.3 is 16.3 Å². The summed E-state index contributed by atoms with van der Waals surface area (Å²) in [5.74, 6) is -0.175. The lowest BCUT2D eigenvalue weighted by Gasteiger charge is -2.19. The molecule has 1 aromatic rings. The van der Waals surface area contributed by atoms with Crippen LogP contribution in [0.2, 0.25) is 0 Å². The van der Waals surface area contributed by atoms with Crippen molar-refractivity contribution < 1.29 is 9.60 Å². The van der Waals surface area contributed by atoms with Crippen LogP contribution in [0.5, 0.6) is 0 Å². The third-order valence-electron chi connectivity index (χ3n) is 2.41. The Labute approximate surface area is 94.0 Å². The van der Waals surface area contributed by atoms with Crippen LogP contribution in [0.4, 0.5) is 4.39 Å². The van der Waals surface area contributed by atoms with E-state index in [-0.39, 0.29) is 23.7 Å². The van der Waals surface area contributed by atoms with Crippen molar-refractivity contribution in [3.05, 3.63) is 35.6 Å². The molecule has 2 atom stereocenters. The summed E-state index contributed by atoms with van der Waals surface area (Å²) in [6.07, 6.45) is 0. The van der Waals surface area contributed by atoms with Crippen LogP contribution < -0.4 is 11.1 Å². The van der Waals surface area contributed by atoms with E-state index in [0.29, 0.717) is 0 Å². The molecule has 5 heteroatoms. The van der Waals surface area contributed by atoms with Gasteiger partial charge in [0.15, 0.2) is 5.84 Å². The second-order valence-corrected chi connectivity index (χ2v) is 3.69. The van der Waals surface area contributed by atoms with Crippen LogP contribution in [-0.2, 0) is 0 Å². The fourth-order valence-corrected chi connectivity index (χ4v) is 1.42. The Morgan fingerprint density at radius 3 is 2.75 bits per heavy atom. The average Bonchev–Trinajstić information content (AvgIpc) is 2.27. The monoisotopic (exact) mass is 225 g/mol. The van der Waals surface area contributed by atoms with E-state index in [4.69, 9.17) is 10.9 Å². The van der Waals surface area contributed by atoms with Crippen molar-refractivity contribution in [3.63, 3.8) is 0 Å². The minimum absolute atomic E-state index is 0.0778. The lowest BCUT2D eigenvalue weighted by Crippen LogP contribution is -2.40. The van der Waals surface area contributed by atoms with Gasteiger partial charge in [0.25, 0.3) is 0 Å². The van der Waals surface area contributed by atoms with E-state index in [2.05, 4.69) is 10.5 Å². The predicted octanol–water partition coefficient (Wildman–Crippen LogP) is 1.61. The van der Waals surface area contributed by atoms with Crippen LogP contribution in [0.25, 0.3) is 0 Å². The second-order valence-electron chi connectivity index (χ2n) is 3.69. The smallest absolute Gasteiger partial charge is 0.156 e. The minimum atomic E-state index is -0.275. The first-order chi connectivity index (χ1) is 7.54. The highest BCUT2D eigenvalue weighted by molar-refractivity contribution is 5.84. The van der Waals surface area contributed by atoms with Gasteiger partial charge in [0, 0.05) is 6.04 Å². The van der Waals surface area contributed by atoms with Gasteiger partial charge in [0.1, 0.15) is 5.82 Å². The standard InChI is InChI=1S/C11H16FN3O/c1-7(14-8(2)11(13)15-16)9-4-3-5-10(12)6-9/h3-8,14,16H,1-2H3,(H2,13,15)/t7-,8?/m1/s1. The number of hydrogen-bond donors (Lipinski definition) is 3. The van der Waals surface area contributed by atoms with Crippen LogP contribution in [0.15, 0.2) is 29.4 Å². The van der Waals surface area contributed by atoms with Gasteiger partial charge in [-0.2, -0.15) is 0 Å². The molecular formula is C11H16FN3O. The van der Waals surface area contributed by atoms with E-state index < -0.39 is 0 Å². The van der Waals surface area contributed by atoms with Gasteiger partial charge in [0.2, 0.25) is 0 Å². The molecule has 0 bridgehead atoms. The zero-order valence-electron chi connectivity index (χ0n) is 9.31. The quantitative estimate of drug-likeness (QED) is 0.315. The molecule has 4 nitrogen and oxygen atoms in total. The fraction of sp³-hybridized carbons (Fsp3) is 0.364. The minimum Gasteiger partial charge on any atom is -0.409 e. The molecule has 0 amide bonds. The van der Waals surface area contributed by atoms with Gasteiger partial charge in [-0.1, -0.05) is 17.3 Å². The zero-order chi connectivity index (χ0) is 12.1. The van der Waals surface area contributed by atoms with Crippen LogP contribution >= 0.6 is 0 Å². The number of oxime groups is 1. The maximum Gasteiger partial charge on any atom is 0.156 e. The molecule has 0 saturated carbocycles. The Hall–Kier alpha value is -1.62.